The van der Waals surface area contributed by atoms with Crippen LogP contribution in [0.2, 0.25) is 0 Å². The molecule has 2 heterocycles. The topological polar surface area (TPSA) is 51.2 Å². The highest BCUT2D eigenvalue weighted by atomic mass is 32.2. The third kappa shape index (κ3) is 5.90. The molecule has 0 radical (unpaired) electrons. The van der Waals surface area contributed by atoms with Crippen LogP contribution in [0.5, 0.6) is 5.75 Å². The SMILES string of the molecule is Cc1nc(COc2ccc(/C=C/C(=O)Nc3cccc(C4SCCS4)c3)cc2)cs1. The van der Waals surface area contributed by atoms with Gasteiger partial charge >= 0.3 is 0 Å². The van der Waals surface area contributed by atoms with Crippen molar-refractivity contribution >= 4 is 52.5 Å². The fraction of sp³-hybridized carbons (Fsp3) is 0.217. The number of ether oxygens (including phenoxy) is 1. The summed E-state index contributed by atoms with van der Waals surface area (Å²) in [6.07, 6.45) is 3.36. The predicted octanol–water partition coefficient (Wildman–Crippen LogP) is 6.16. The number of nitrogens with one attached hydrogen (secondary N) is 1. The molecule has 1 aromatic heterocycles. The molecule has 1 aliphatic heterocycles. The molecule has 154 valence electrons. The van der Waals surface area contributed by atoms with E-state index in [1.807, 2.05) is 72.2 Å². The van der Waals surface area contributed by atoms with Crippen LogP contribution in [0.25, 0.3) is 6.08 Å². The monoisotopic (exact) mass is 454 g/mol. The van der Waals surface area contributed by atoms with Crippen molar-refractivity contribution in [2.24, 2.45) is 0 Å². The first-order valence-corrected chi connectivity index (χ1v) is 12.6. The van der Waals surface area contributed by atoms with Crippen molar-refractivity contribution in [3.63, 3.8) is 0 Å². The summed E-state index contributed by atoms with van der Waals surface area (Å²) in [6.45, 7) is 2.44. The normalized spacial score (nSPS) is 14.3. The molecule has 0 unspecified atom stereocenters. The molecule has 1 amide bonds. The largest absolute Gasteiger partial charge is 0.487 e. The number of hydrogen-bond acceptors (Lipinski definition) is 6. The van der Waals surface area contributed by atoms with Crippen molar-refractivity contribution in [2.45, 2.75) is 18.1 Å². The second-order valence-electron chi connectivity index (χ2n) is 6.74. The van der Waals surface area contributed by atoms with Crippen molar-refractivity contribution in [1.82, 2.24) is 4.98 Å². The molecular weight excluding hydrogens is 432 g/mol. The zero-order valence-corrected chi connectivity index (χ0v) is 19.0. The Morgan fingerprint density at radius 1 is 1.20 bits per heavy atom. The molecular formula is C23H22N2O2S3. The Kier molecular flexibility index (Phi) is 7.15. The van der Waals surface area contributed by atoms with Crippen LogP contribution in [0.3, 0.4) is 0 Å². The first-order valence-electron chi connectivity index (χ1n) is 9.62. The minimum atomic E-state index is -0.141. The number of aryl methyl sites for hydroxylation is 1. The van der Waals surface area contributed by atoms with Crippen molar-refractivity contribution in [3.05, 3.63) is 81.8 Å². The standard InChI is InChI=1S/C23H22N2O2S3/c1-16-24-20(15-30-16)14-27-21-8-5-17(6-9-21)7-10-22(26)25-19-4-2-3-18(13-19)23-28-11-12-29-23/h2-10,13,15,23H,11-12,14H2,1H3,(H,25,26)/b10-7+. The van der Waals surface area contributed by atoms with Gasteiger partial charge in [0.2, 0.25) is 5.91 Å². The van der Waals surface area contributed by atoms with Crippen LogP contribution in [0, 0.1) is 6.92 Å². The van der Waals surface area contributed by atoms with Gasteiger partial charge in [-0.1, -0.05) is 24.3 Å². The van der Waals surface area contributed by atoms with Gasteiger partial charge in [-0.15, -0.1) is 34.9 Å². The van der Waals surface area contributed by atoms with Crippen LogP contribution >= 0.6 is 34.9 Å². The summed E-state index contributed by atoms with van der Waals surface area (Å²) in [5.41, 5.74) is 3.96. The van der Waals surface area contributed by atoms with E-state index < -0.39 is 0 Å². The average Bonchev–Trinajstić information content (AvgIpc) is 3.44. The number of carbonyl (C=O) groups is 1. The highest BCUT2D eigenvalue weighted by Crippen LogP contribution is 2.45. The van der Waals surface area contributed by atoms with Crippen LogP contribution in [0.15, 0.2) is 60.0 Å². The van der Waals surface area contributed by atoms with Gasteiger partial charge in [-0.05, 0) is 48.4 Å². The van der Waals surface area contributed by atoms with E-state index in [4.69, 9.17) is 4.74 Å². The molecule has 1 fully saturated rings. The molecule has 1 N–H and O–H groups in total. The zero-order valence-electron chi connectivity index (χ0n) is 16.5. The van der Waals surface area contributed by atoms with Gasteiger partial charge in [0, 0.05) is 28.6 Å². The number of rotatable bonds is 7. The van der Waals surface area contributed by atoms with Crippen molar-refractivity contribution in [1.29, 1.82) is 0 Å². The Morgan fingerprint density at radius 3 is 2.73 bits per heavy atom. The molecule has 30 heavy (non-hydrogen) atoms. The van der Waals surface area contributed by atoms with Gasteiger partial charge in [0.1, 0.15) is 12.4 Å². The first kappa shape index (κ1) is 21.0. The lowest BCUT2D eigenvalue weighted by Gasteiger charge is -2.10. The highest BCUT2D eigenvalue weighted by Gasteiger charge is 2.18. The number of benzene rings is 2. The predicted molar refractivity (Wildman–Crippen MR) is 129 cm³/mol. The first-order chi connectivity index (χ1) is 14.7. The van der Waals surface area contributed by atoms with Crippen LogP contribution in [-0.4, -0.2) is 22.4 Å². The van der Waals surface area contributed by atoms with Gasteiger partial charge in [-0.3, -0.25) is 4.79 Å². The van der Waals surface area contributed by atoms with E-state index in [0.717, 1.165) is 27.7 Å². The van der Waals surface area contributed by atoms with E-state index in [1.54, 1.807) is 23.5 Å². The fourth-order valence-electron chi connectivity index (χ4n) is 2.98. The molecule has 0 saturated carbocycles. The number of anilines is 1. The summed E-state index contributed by atoms with van der Waals surface area (Å²) >= 11 is 5.53. The van der Waals surface area contributed by atoms with Gasteiger partial charge in [-0.2, -0.15) is 0 Å². The Bertz CT molecular complexity index is 1020. The third-order valence-corrected chi connectivity index (χ3v) is 8.34. The molecule has 1 saturated heterocycles. The van der Waals surface area contributed by atoms with E-state index in [9.17, 15) is 4.79 Å². The van der Waals surface area contributed by atoms with Crippen molar-refractivity contribution in [2.75, 3.05) is 16.8 Å². The molecule has 0 atom stereocenters. The number of amides is 1. The quantitative estimate of drug-likeness (QED) is 0.433. The minimum absolute atomic E-state index is 0.141. The molecule has 1 aliphatic rings. The summed E-state index contributed by atoms with van der Waals surface area (Å²) in [7, 11) is 0. The van der Waals surface area contributed by atoms with E-state index in [0.29, 0.717) is 11.2 Å². The van der Waals surface area contributed by atoms with Gasteiger partial charge in [-0.25, -0.2) is 4.98 Å². The van der Waals surface area contributed by atoms with Crippen LogP contribution in [-0.2, 0) is 11.4 Å². The molecule has 2 aromatic carbocycles. The lowest BCUT2D eigenvalue weighted by atomic mass is 10.2. The number of aromatic nitrogens is 1. The Morgan fingerprint density at radius 2 is 2.00 bits per heavy atom. The lowest BCUT2D eigenvalue weighted by molar-refractivity contribution is -0.111. The second-order valence-corrected chi connectivity index (χ2v) is 10.5. The molecule has 0 bridgehead atoms. The Labute approximate surface area is 189 Å². The average molecular weight is 455 g/mol. The highest BCUT2D eigenvalue weighted by molar-refractivity contribution is 8.19. The summed E-state index contributed by atoms with van der Waals surface area (Å²) in [5, 5.41) is 6.00. The van der Waals surface area contributed by atoms with Crippen molar-refractivity contribution in [3.8, 4) is 5.75 Å². The molecule has 4 nitrogen and oxygen atoms in total. The van der Waals surface area contributed by atoms with Crippen molar-refractivity contribution < 1.29 is 9.53 Å². The molecule has 3 aromatic rings. The maximum Gasteiger partial charge on any atom is 0.248 e. The number of thiazole rings is 1. The zero-order chi connectivity index (χ0) is 20.8. The minimum Gasteiger partial charge on any atom is -0.487 e. The van der Waals surface area contributed by atoms with Gasteiger partial charge in [0.25, 0.3) is 0 Å². The number of nitrogens with zero attached hydrogens (tertiary/aromatic N) is 1. The number of carbonyl (C=O) groups excluding carboxylic acids is 1. The molecule has 4 rings (SSSR count). The smallest absolute Gasteiger partial charge is 0.248 e. The van der Waals surface area contributed by atoms with Crippen LogP contribution < -0.4 is 10.1 Å². The number of hydrogen-bond donors (Lipinski definition) is 1. The number of thioether (sulfide) groups is 2. The van der Waals surface area contributed by atoms with Gasteiger partial charge < -0.3 is 10.1 Å². The maximum atomic E-state index is 12.3. The third-order valence-electron chi connectivity index (χ3n) is 4.41. The van der Waals surface area contributed by atoms with Gasteiger partial charge in [0.05, 0.1) is 15.3 Å². The van der Waals surface area contributed by atoms with E-state index in [2.05, 4.69) is 22.4 Å². The second kappa shape index (κ2) is 10.2. The van der Waals surface area contributed by atoms with Crippen LogP contribution in [0.1, 0.15) is 26.4 Å². The summed E-state index contributed by atoms with van der Waals surface area (Å²) in [5.74, 6) is 3.01. The fourth-order valence-corrected chi connectivity index (χ4v) is 6.41. The summed E-state index contributed by atoms with van der Waals surface area (Å²) < 4.78 is 6.23. The van der Waals surface area contributed by atoms with E-state index in [-0.39, 0.29) is 5.91 Å². The Hall–Kier alpha value is -2.22. The lowest BCUT2D eigenvalue weighted by Crippen LogP contribution is -2.07. The summed E-state index contributed by atoms with van der Waals surface area (Å²) in [4.78, 5) is 16.7. The van der Waals surface area contributed by atoms with Crippen LogP contribution in [0.4, 0.5) is 5.69 Å². The molecule has 0 spiro atoms. The molecule has 7 heteroatoms. The van der Waals surface area contributed by atoms with E-state index >= 15 is 0 Å². The maximum absolute atomic E-state index is 12.3. The van der Waals surface area contributed by atoms with Gasteiger partial charge in [0.15, 0.2) is 0 Å². The van der Waals surface area contributed by atoms with E-state index in [1.165, 1.54) is 17.1 Å². The Balaban J connectivity index is 1.30. The molecule has 0 aliphatic carbocycles. The summed E-state index contributed by atoms with van der Waals surface area (Å²) in [6, 6.07) is 15.8.